The van der Waals surface area contributed by atoms with Crippen molar-refractivity contribution in [2.45, 2.75) is 6.54 Å². The molecule has 0 bridgehead atoms. The Bertz CT molecular complexity index is 416. The highest BCUT2D eigenvalue weighted by Crippen LogP contribution is 2.13. The van der Waals surface area contributed by atoms with Crippen LogP contribution in [0.15, 0.2) is 29.2 Å². The van der Waals surface area contributed by atoms with Crippen molar-refractivity contribution < 1.29 is 9.26 Å². The molecule has 0 aromatic carbocycles. The van der Waals surface area contributed by atoms with E-state index >= 15 is 0 Å². The standard InChI is InChI=1S/C9H10N4O2/c1-14-9-4-7(2-3-10-9)11-5-8-12-6-15-13-8/h2-4,6H,5H2,1H3,(H,10,11). The van der Waals surface area contributed by atoms with Gasteiger partial charge in [0.05, 0.1) is 13.7 Å². The molecule has 78 valence electrons. The zero-order valence-corrected chi connectivity index (χ0v) is 8.17. The molecule has 0 aliphatic heterocycles. The SMILES string of the molecule is COc1cc(NCc2ncon2)ccn1. The molecule has 6 heteroatoms. The summed E-state index contributed by atoms with van der Waals surface area (Å²) >= 11 is 0. The quantitative estimate of drug-likeness (QED) is 0.807. The van der Waals surface area contributed by atoms with Crippen LogP contribution in [-0.4, -0.2) is 22.2 Å². The summed E-state index contributed by atoms with van der Waals surface area (Å²) < 4.78 is 9.60. The molecule has 0 radical (unpaired) electrons. The predicted molar refractivity (Wildman–Crippen MR) is 52.4 cm³/mol. The van der Waals surface area contributed by atoms with Crippen molar-refractivity contribution in [1.82, 2.24) is 15.1 Å². The molecule has 2 aromatic rings. The van der Waals surface area contributed by atoms with Gasteiger partial charge in [-0.2, -0.15) is 4.98 Å². The Morgan fingerprint density at radius 3 is 3.13 bits per heavy atom. The van der Waals surface area contributed by atoms with Crippen molar-refractivity contribution in [3.8, 4) is 5.88 Å². The molecule has 0 amide bonds. The van der Waals surface area contributed by atoms with E-state index in [0.29, 0.717) is 18.2 Å². The van der Waals surface area contributed by atoms with Crippen molar-refractivity contribution in [2.75, 3.05) is 12.4 Å². The van der Waals surface area contributed by atoms with Crippen LogP contribution < -0.4 is 10.1 Å². The highest BCUT2D eigenvalue weighted by atomic mass is 16.5. The van der Waals surface area contributed by atoms with E-state index in [1.54, 1.807) is 19.4 Å². The fourth-order valence-corrected chi connectivity index (χ4v) is 1.08. The summed E-state index contributed by atoms with van der Waals surface area (Å²) in [7, 11) is 1.57. The number of anilines is 1. The first-order valence-corrected chi connectivity index (χ1v) is 4.37. The van der Waals surface area contributed by atoms with E-state index in [1.807, 2.05) is 6.07 Å². The summed E-state index contributed by atoms with van der Waals surface area (Å²) in [5, 5.41) is 6.80. The molecule has 2 rings (SSSR count). The molecule has 15 heavy (non-hydrogen) atoms. The normalized spacial score (nSPS) is 9.93. The average Bonchev–Trinajstić information content (AvgIpc) is 2.79. The topological polar surface area (TPSA) is 73.1 Å². The second-order valence-corrected chi connectivity index (χ2v) is 2.79. The van der Waals surface area contributed by atoms with Gasteiger partial charge in [-0.25, -0.2) is 4.98 Å². The van der Waals surface area contributed by atoms with Crippen LogP contribution in [0.1, 0.15) is 5.82 Å². The smallest absolute Gasteiger partial charge is 0.214 e. The van der Waals surface area contributed by atoms with Gasteiger partial charge in [0.15, 0.2) is 5.82 Å². The van der Waals surface area contributed by atoms with E-state index in [2.05, 4.69) is 25.0 Å². The zero-order valence-electron chi connectivity index (χ0n) is 8.17. The Labute approximate surface area is 86.3 Å². The van der Waals surface area contributed by atoms with Crippen LogP contribution in [0.5, 0.6) is 5.88 Å². The zero-order chi connectivity index (χ0) is 10.5. The van der Waals surface area contributed by atoms with Gasteiger partial charge in [0.25, 0.3) is 0 Å². The van der Waals surface area contributed by atoms with Gasteiger partial charge in [0.1, 0.15) is 0 Å². The first-order chi connectivity index (χ1) is 7.38. The van der Waals surface area contributed by atoms with Crippen molar-refractivity contribution in [3.63, 3.8) is 0 Å². The lowest BCUT2D eigenvalue weighted by Crippen LogP contribution is -2.01. The number of ether oxygens (including phenoxy) is 1. The van der Waals surface area contributed by atoms with Crippen molar-refractivity contribution in [1.29, 1.82) is 0 Å². The number of methoxy groups -OCH3 is 1. The summed E-state index contributed by atoms with van der Waals surface area (Å²) in [5.74, 6) is 1.17. The van der Waals surface area contributed by atoms with Crippen LogP contribution in [-0.2, 0) is 6.54 Å². The number of nitrogens with zero attached hydrogens (tertiary/aromatic N) is 3. The summed E-state index contributed by atoms with van der Waals surface area (Å²) in [6.07, 6.45) is 2.96. The van der Waals surface area contributed by atoms with Crippen LogP contribution in [0.2, 0.25) is 0 Å². The van der Waals surface area contributed by atoms with Crippen LogP contribution in [0.4, 0.5) is 5.69 Å². The molecule has 0 saturated heterocycles. The number of pyridine rings is 1. The second-order valence-electron chi connectivity index (χ2n) is 2.79. The number of aromatic nitrogens is 3. The van der Waals surface area contributed by atoms with Crippen LogP contribution in [0.3, 0.4) is 0 Å². The maximum atomic E-state index is 4.99. The number of rotatable bonds is 4. The average molecular weight is 206 g/mol. The third kappa shape index (κ3) is 2.43. The molecule has 0 atom stereocenters. The highest BCUT2D eigenvalue weighted by Gasteiger charge is 1.99. The minimum atomic E-state index is 0.504. The van der Waals surface area contributed by atoms with Gasteiger partial charge < -0.3 is 14.6 Å². The fraction of sp³-hybridized carbons (Fsp3) is 0.222. The number of nitrogens with one attached hydrogen (secondary N) is 1. The van der Waals surface area contributed by atoms with E-state index in [0.717, 1.165) is 5.69 Å². The lowest BCUT2D eigenvalue weighted by molar-refractivity contribution is 0.398. The van der Waals surface area contributed by atoms with Gasteiger partial charge in [0, 0.05) is 18.0 Å². The van der Waals surface area contributed by atoms with E-state index in [9.17, 15) is 0 Å². The minimum Gasteiger partial charge on any atom is -0.481 e. The number of hydrogen-bond donors (Lipinski definition) is 1. The predicted octanol–water partition coefficient (Wildman–Crippen LogP) is 1.09. The van der Waals surface area contributed by atoms with Gasteiger partial charge in [-0.3, -0.25) is 0 Å². The highest BCUT2D eigenvalue weighted by molar-refractivity contribution is 5.44. The van der Waals surface area contributed by atoms with Crippen molar-refractivity contribution in [3.05, 3.63) is 30.5 Å². The van der Waals surface area contributed by atoms with Gasteiger partial charge in [0.2, 0.25) is 12.3 Å². The minimum absolute atomic E-state index is 0.504. The Balaban J connectivity index is 1.98. The van der Waals surface area contributed by atoms with Crippen molar-refractivity contribution in [2.24, 2.45) is 0 Å². The maximum Gasteiger partial charge on any atom is 0.214 e. The molecule has 0 fully saturated rings. The summed E-state index contributed by atoms with van der Waals surface area (Å²) in [4.78, 5) is 7.88. The van der Waals surface area contributed by atoms with E-state index in [-0.39, 0.29) is 0 Å². The molecule has 0 aliphatic rings. The Kier molecular flexibility index (Phi) is 2.77. The number of hydrogen-bond acceptors (Lipinski definition) is 6. The molecular weight excluding hydrogens is 196 g/mol. The summed E-state index contributed by atoms with van der Waals surface area (Å²) in [5.41, 5.74) is 0.895. The Morgan fingerprint density at radius 1 is 1.47 bits per heavy atom. The molecule has 6 nitrogen and oxygen atoms in total. The monoisotopic (exact) mass is 206 g/mol. The first-order valence-electron chi connectivity index (χ1n) is 4.37. The molecule has 1 N–H and O–H groups in total. The first kappa shape index (κ1) is 9.45. The largest absolute Gasteiger partial charge is 0.481 e. The maximum absolute atomic E-state index is 4.99. The fourth-order valence-electron chi connectivity index (χ4n) is 1.08. The Morgan fingerprint density at radius 2 is 2.40 bits per heavy atom. The molecule has 0 spiro atoms. The lowest BCUT2D eigenvalue weighted by Gasteiger charge is -2.04. The molecule has 2 heterocycles. The van der Waals surface area contributed by atoms with Gasteiger partial charge in [-0.15, -0.1) is 0 Å². The van der Waals surface area contributed by atoms with E-state index in [4.69, 9.17) is 4.74 Å². The molecule has 0 aliphatic carbocycles. The third-order valence-electron chi connectivity index (χ3n) is 1.80. The van der Waals surface area contributed by atoms with E-state index < -0.39 is 0 Å². The van der Waals surface area contributed by atoms with Gasteiger partial charge in [-0.05, 0) is 6.07 Å². The molecule has 0 saturated carbocycles. The summed E-state index contributed by atoms with van der Waals surface area (Å²) in [6, 6.07) is 3.63. The molecular formula is C9H10N4O2. The lowest BCUT2D eigenvalue weighted by atomic mass is 10.4. The van der Waals surface area contributed by atoms with Crippen LogP contribution in [0.25, 0.3) is 0 Å². The second kappa shape index (κ2) is 4.41. The van der Waals surface area contributed by atoms with Gasteiger partial charge >= 0.3 is 0 Å². The van der Waals surface area contributed by atoms with Crippen LogP contribution in [0, 0.1) is 0 Å². The molecule has 2 aromatic heterocycles. The van der Waals surface area contributed by atoms with Crippen LogP contribution >= 0.6 is 0 Å². The Hall–Kier alpha value is -2.11. The molecule has 0 unspecified atom stereocenters. The van der Waals surface area contributed by atoms with E-state index in [1.165, 1.54) is 6.39 Å². The van der Waals surface area contributed by atoms with Crippen molar-refractivity contribution >= 4 is 5.69 Å². The summed E-state index contributed by atoms with van der Waals surface area (Å²) in [6.45, 7) is 0.504. The van der Waals surface area contributed by atoms with Gasteiger partial charge in [-0.1, -0.05) is 5.16 Å². The third-order valence-corrected chi connectivity index (χ3v) is 1.80.